The van der Waals surface area contributed by atoms with Crippen LogP contribution in [0.2, 0.25) is 0 Å². The molecule has 3 heteroatoms. The third-order valence-electron chi connectivity index (χ3n) is 2.70. The highest BCUT2D eigenvalue weighted by molar-refractivity contribution is 5.70. The van der Waals surface area contributed by atoms with Crippen molar-refractivity contribution in [3.63, 3.8) is 0 Å². The van der Waals surface area contributed by atoms with Gasteiger partial charge >= 0.3 is 5.97 Å². The second-order valence-electron chi connectivity index (χ2n) is 3.85. The Morgan fingerprint density at radius 1 is 1.58 bits per heavy atom. The number of aliphatic carboxylic acids is 1. The zero-order valence-electron chi connectivity index (χ0n) is 7.71. The summed E-state index contributed by atoms with van der Waals surface area (Å²) in [7, 11) is 0. The first-order valence-corrected chi connectivity index (χ1v) is 4.56. The Kier molecular flexibility index (Phi) is 3.09. The number of piperidine rings is 1. The van der Waals surface area contributed by atoms with Gasteiger partial charge in [0.25, 0.3) is 0 Å². The molecule has 0 radical (unpaired) electrons. The molecular formula is C9H17NO2. The molecule has 0 aliphatic carbocycles. The van der Waals surface area contributed by atoms with Crippen molar-refractivity contribution in [3.8, 4) is 0 Å². The molecule has 1 aliphatic rings. The lowest BCUT2D eigenvalue weighted by atomic mass is 9.79. The van der Waals surface area contributed by atoms with Gasteiger partial charge in [-0.3, -0.25) is 4.79 Å². The minimum Gasteiger partial charge on any atom is -0.481 e. The predicted octanol–water partition coefficient (Wildman–Crippen LogP) is 0.953. The van der Waals surface area contributed by atoms with Crippen LogP contribution in [0.1, 0.15) is 20.3 Å². The van der Waals surface area contributed by atoms with Gasteiger partial charge in [-0.05, 0) is 31.3 Å². The van der Waals surface area contributed by atoms with Crippen molar-refractivity contribution in [1.82, 2.24) is 5.32 Å². The quantitative estimate of drug-likeness (QED) is 0.650. The Morgan fingerprint density at radius 3 is 2.67 bits per heavy atom. The molecule has 0 bridgehead atoms. The predicted molar refractivity (Wildman–Crippen MR) is 46.9 cm³/mol. The summed E-state index contributed by atoms with van der Waals surface area (Å²) in [5.41, 5.74) is 0. The van der Waals surface area contributed by atoms with E-state index >= 15 is 0 Å². The van der Waals surface area contributed by atoms with Gasteiger partial charge < -0.3 is 10.4 Å². The Balaban J connectivity index is 2.60. The van der Waals surface area contributed by atoms with Crippen LogP contribution in [0.15, 0.2) is 0 Å². The Hall–Kier alpha value is -0.570. The van der Waals surface area contributed by atoms with Gasteiger partial charge in [0.2, 0.25) is 0 Å². The standard InChI is InChI=1S/C9H17NO2/c1-6(2)8-5-10-4-3-7(8)9(11)12/h6-8,10H,3-5H2,1-2H3,(H,11,12)/t7-,8-/m1/s1. The maximum Gasteiger partial charge on any atom is 0.306 e. The minimum atomic E-state index is -0.629. The Bertz CT molecular complexity index is 168. The molecule has 0 amide bonds. The van der Waals surface area contributed by atoms with Gasteiger partial charge in [0.05, 0.1) is 5.92 Å². The second-order valence-corrected chi connectivity index (χ2v) is 3.85. The van der Waals surface area contributed by atoms with E-state index in [-0.39, 0.29) is 5.92 Å². The van der Waals surface area contributed by atoms with Crippen molar-refractivity contribution in [3.05, 3.63) is 0 Å². The van der Waals surface area contributed by atoms with E-state index in [0.29, 0.717) is 11.8 Å². The first kappa shape index (κ1) is 9.52. The maximum absolute atomic E-state index is 10.8. The molecule has 0 spiro atoms. The maximum atomic E-state index is 10.8. The molecule has 2 atom stereocenters. The molecule has 0 saturated carbocycles. The molecule has 0 aromatic rings. The van der Waals surface area contributed by atoms with E-state index in [1.54, 1.807) is 0 Å². The van der Waals surface area contributed by atoms with Crippen molar-refractivity contribution in [1.29, 1.82) is 0 Å². The number of carboxylic acid groups (broad SMARTS) is 1. The molecule has 12 heavy (non-hydrogen) atoms. The molecule has 1 rings (SSSR count). The summed E-state index contributed by atoms with van der Waals surface area (Å²) in [4.78, 5) is 10.8. The Morgan fingerprint density at radius 2 is 2.25 bits per heavy atom. The molecule has 1 aliphatic heterocycles. The van der Waals surface area contributed by atoms with Crippen LogP contribution >= 0.6 is 0 Å². The van der Waals surface area contributed by atoms with Gasteiger partial charge in [-0.25, -0.2) is 0 Å². The molecule has 0 aromatic heterocycles. The molecule has 0 aromatic carbocycles. The molecular weight excluding hydrogens is 154 g/mol. The van der Waals surface area contributed by atoms with Crippen molar-refractivity contribution in [2.75, 3.05) is 13.1 Å². The van der Waals surface area contributed by atoms with Crippen molar-refractivity contribution < 1.29 is 9.90 Å². The van der Waals surface area contributed by atoms with Crippen LogP contribution in [0.5, 0.6) is 0 Å². The van der Waals surface area contributed by atoms with E-state index < -0.39 is 5.97 Å². The number of hydrogen-bond acceptors (Lipinski definition) is 2. The van der Waals surface area contributed by atoms with Crippen LogP contribution in [-0.4, -0.2) is 24.2 Å². The highest BCUT2D eigenvalue weighted by atomic mass is 16.4. The number of carboxylic acids is 1. The fourth-order valence-corrected chi connectivity index (χ4v) is 1.89. The third kappa shape index (κ3) is 1.97. The monoisotopic (exact) mass is 171 g/mol. The molecule has 70 valence electrons. The summed E-state index contributed by atoms with van der Waals surface area (Å²) in [6.45, 7) is 5.88. The number of nitrogens with one attached hydrogen (secondary N) is 1. The number of carbonyl (C=O) groups is 1. The van der Waals surface area contributed by atoms with E-state index in [4.69, 9.17) is 5.11 Å². The number of hydrogen-bond donors (Lipinski definition) is 2. The minimum absolute atomic E-state index is 0.133. The molecule has 1 saturated heterocycles. The van der Waals surface area contributed by atoms with E-state index in [1.165, 1.54) is 0 Å². The zero-order chi connectivity index (χ0) is 9.14. The van der Waals surface area contributed by atoms with Gasteiger partial charge in [0.15, 0.2) is 0 Å². The molecule has 2 N–H and O–H groups in total. The first-order chi connectivity index (χ1) is 5.63. The molecule has 1 heterocycles. The lowest BCUT2D eigenvalue weighted by Gasteiger charge is -2.31. The van der Waals surface area contributed by atoms with Crippen LogP contribution in [0.25, 0.3) is 0 Å². The summed E-state index contributed by atoms with van der Waals surface area (Å²) < 4.78 is 0. The van der Waals surface area contributed by atoms with E-state index in [0.717, 1.165) is 19.5 Å². The lowest BCUT2D eigenvalue weighted by molar-refractivity contribution is -0.145. The fraction of sp³-hybridized carbons (Fsp3) is 0.889. The first-order valence-electron chi connectivity index (χ1n) is 4.56. The van der Waals surface area contributed by atoms with Crippen LogP contribution in [-0.2, 0) is 4.79 Å². The molecule has 3 nitrogen and oxygen atoms in total. The largest absolute Gasteiger partial charge is 0.481 e. The van der Waals surface area contributed by atoms with Crippen molar-refractivity contribution in [2.45, 2.75) is 20.3 Å². The number of rotatable bonds is 2. The highest BCUT2D eigenvalue weighted by Crippen LogP contribution is 2.25. The fourth-order valence-electron chi connectivity index (χ4n) is 1.89. The average molecular weight is 171 g/mol. The SMILES string of the molecule is CC(C)[C@H]1CNCC[C@H]1C(=O)O. The van der Waals surface area contributed by atoms with E-state index in [1.807, 2.05) is 0 Å². The van der Waals surface area contributed by atoms with Gasteiger partial charge in [-0.1, -0.05) is 13.8 Å². The van der Waals surface area contributed by atoms with Gasteiger partial charge in [-0.15, -0.1) is 0 Å². The van der Waals surface area contributed by atoms with Crippen LogP contribution in [0, 0.1) is 17.8 Å². The smallest absolute Gasteiger partial charge is 0.306 e. The van der Waals surface area contributed by atoms with Crippen LogP contribution in [0.4, 0.5) is 0 Å². The van der Waals surface area contributed by atoms with Gasteiger partial charge in [-0.2, -0.15) is 0 Å². The summed E-state index contributed by atoms with van der Waals surface area (Å²) in [6.07, 6.45) is 0.776. The summed E-state index contributed by atoms with van der Waals surface area (Å²) >= 11 is 0. The third-order valence-corrected chi connectivity index (χ3v) is 2.70. The van der Waals surface area contributed by atoms with E-state index in [9.17, 15) is 4.79 Å². The van der Waals surface area contributed by atoms with Crippen molar-refractivity contribution in [2.24, 2.45) is 17.8 Å². The Labute approximate surface area is 73.2 Å². The van der Waals surface area contributed by atoms with Crippen molar-refractivity contribution >= 4 is 5.97 Å². The van der Waals surface area contributed by atoms with Gasteiger partial charge in [0, 0.05) is 0 Å². The highest BCUT2D eigenvalue weighted by Gasteiger charge is 2.32. The second kappa shape index (κ2) is 3.90. The average Bonchev–Trinajstić information content (AvgIpc) is 2.04. The summed E-state index contributed by atoms with van der Waals surface area (Å²) in [5, 5.41) is 12.2. The topological polar surface area (TPSA) is 49.3 Å². The van der Waals surface area contributed by atoms with Gasteiger partial charge in [0.1, 0.15) is 0 Å². The normalized spacial score (nSPS) is 30.6. The lowest BCUT2D eigenvalue weighted by Crippen LogP contribution is -2.42. The van der Waals surface area contributed by atoms with Crippen LogP contribution < -0.4 is 5.32 Å². The summed E-state index contributed by atoms with van der Waals surface area (Å²) in [5.74, 6) is -0.00315. The zero-order valence-corrected chi connectivity index (χ0v) is 7.71. The molecule has 0 unspecified atom stereocenters. The van der Waals surface area contributed by atoms with Crippen LogP contribution in [0.3, 0.4) is 0 Å². The molecule has 1 fully saturated rings. The van der Waals surface area contributed by atoms with E-state index in [2.05, 4.69) is 19.2 Å². The summed E-state index contributed by atoms with van der Waals surface area (Å²) in [6, 6.07) is 0.